The van der Waals surface area contributed by atoms with Crippen molar-refractivity contribution in [3.8, 4) is 5.75 Å². The SMILES string of the molecule is CCOCc1ccccc1OCC. The van der Waals surface area contributed by atoms with Crippen LogP contribution in [0.25, 0.3) is 0 Å². The lowest BCUT2D eigenvalue weighted by Crippen LogP contribution is -1.98. The van der Waals surface area contributed by atoms with Gasteiger partial charge in [-0.05, 0) is 19.9 Å². The molecule has 0 heterocycles. The Bertz CT molecular complexity index is 246. The van der Waals surface area contributed by atoms with Crippen molar-refractivity contribution in [1.29, 1.82) is 0 Å². The fourth-order valence-electron chi connectivity index (χ4n) is 1.13. The Morgan fingerprint density at radius 1 is 1.08 bits per heavy atom. The number of para-hydroxylation sites is 1. The molecule has 0 N–H and O–H groups in total. The summed E-state index contributed by atoms with van der Waals surface area (Å²) in [5.74, 6) is 0.929. The Kier molecular flexibility index (Phi) is 4.33. The van der Waals surface area contributed by atoms with Gasteiger partial charge in [-0.2, -0.15) is 0 Å². The highest BCUT2D eigenvalue weighted by molar-refractivity contribution is 5.32. The molecule has 0 saturated heterocycles. The van der Waals surface area contributed by atoms with Crippen LogP contribution in [0.1, 0.15) is 19.4 Å². The van der Waals surface area contributed by atoms with Crippen molar-refractivity contribution in [1.82, 2.24) is 0 Å². The Balaban J connectivity index is 2.66. The minimum Gasteiger partial charge on any atom is -0.494 e. The van der Waals surface area contributed by atoms with E-state index in [1.165, 1.54) is 0 Å². The van der Waals surface area contributed by atoms with E-state index in [1.807, 2.05) is 38.1 Å². The van der Waals surface area contributed by atoms with Crippen LogP contribution < -0.4 is 4.74 Å². The van der Waals surface area contributed by atoms with Crippen LogP contribution in [0.4, 0.5) is 0 Å². The molecule has 0 aliphatic carbocycles. The molecule has 2 nitrogen and oxygen atoms in total. The van der Waals surface area contributed by atoms with Crippen LogP contribution in [0, 0.1) is 0 Å². The zero-order valence-electron chi connectivity index (χ0n) is 8.25. The minimum absolute atomic E-state index is 0.632. The van der Waals surface area contributed by atoms with Gasteiger partial charge in [0.1, 0.15) is 5.75 Å². The molecule has 0 aliphatic rings. The van der Waals surface area contributed by atoms with Gasteiger partial charge in [-0.3, -0.25) is 0 Å². The van der Waals surface area contributed by atoms with Crippen LogP contribution >= 0.6 is 0 Å². The molecule has 0 spiro atoms. The molecule has 1 aromatic rings. The first-order valence-corrected chi connectivity index (χ1v) is 4.67. The highest BCUT2D eigenvalue weighted by atomic mass is 16.5. The van der Waals surface area contributed by atoms with Gasteiger partial charge in [-0.1, -0.05) is 18.2 Å². The maximum Gasteiger partial charge on any atom is 0.124 e. The fraction of sp³-hybridized carbons (Fsp3) is 0.455. The molecule has 1 rings (SSSR count). The van der Waals surface area contributed by atoms with E-state index in [0.717, 1.165) is 17.9 Å². The summed E-state index contributed by atoms with van der Waals surface area (Å²) in [6.07, 6.45) is 0. The van der Waals surface area contributed by atoms with Crippen molar-refractivity contribution in [2.45, 2.75) is 20.5 Å². The van der Waals surface area contributed by atoms with Gasteiger partial charge in [0.25, 0.3) is 0 Å². The molecule has 1 aromatic carbocycles. The first-order valence-electron chi connectivity index (χ1n) is 4.67. The first kappa shape index (κ1) is 10.1. The second-order valence-electron chi connectivity index (χ2n) is 2.68. The summed E-state index contributed by atoms with van der Waals surface area (Å²) in [6.45, 7) is 6.04. The number of hydrogen-bond acceptors (Lipinski definition) is 2. The molecular weight excluding hydrogens is 164 g/mol. The summed E-state index contributed by atoms with van der Waals surface area (Å²) < 4.78 is 10.8. The minimum atomic E-state index is 0.632. The molecule has 0 aromatic heterocycles. The molecular formula is C11H16O2. The second-order valence-corrected chi connectivity index (χ2v) is 2.68. The molecule has 0 aliphatic heterocycles. The average molecular weight is 180 g/mol. The van der Waals surface area contributed by atoms with E-state index in [0.29, 0.717) is 13.2 Å². The molecule has 13 heavy (non-hydrogen) atoms. The first-order chi connectivity index (χ1) is 6.38. The van der Waals surface area contributed by atoms with Crippen molar-refractivity contribution < 1.29 is 9.47 Å². The molecule has 2 heteroatoms. The molecule has 0 fully saturated rings. The average Bonchev–Trinajstić information content (AvgIpc) is 2.17. The van der Waals surface area contributed by atoms with Crippen molar-refractivity contribution in [3.05, 3.63) is 29.8 Å². The van der Waals surface area contributed by atoms with Crippen LogP contribution in [0.2, 0.25) is 0 Å². The van der Waals surface area contributed by atoms with Crippen LogP contribution in [0.3, 0.4) is 0 Å². The van der Waals surface area contributed by atoms with Crippen molar-refractivity contribution >= 4 is 0 Å². The topological polar surface area (TPSA) is 18.5 Å². The molecule has 0 atom stereocenters. The zero-order chi connectivity index (χ0) is 9.52. The Hall–Kier alpha value is -1.02. The molecule has 0 unspecified atom stereocenters. The smallest absolute Gasteiger partial charge is 0.124 e. The number of hydrogen-bond donors (Lipinski definition) is 0. The van der Waals surface area contributed by atoms with E-state index in [9.17, 15) is 0 Å². The molecule has 0 saturated carbocycles. The highest BCUT2D eigenvalue weighted by Crippen LogP contribution is 2.18. The monoisotopic (exact) mass is 180 g/mol. The lowest BCUT2D eigenvalue weighted by molar-refractivity contribution is 0.131. The molecule has 0 radical (unpaired) electrons. The summed E-state index contributed by atoms with van der Waals surface area (Å²) in [5.41, 5.74) is 1.12. The van der Waals surface area contributed by atoms with Crippen molar-refractivity contribution in [2.75, 3.05) is 13.2 Å². The zero-order valence-corrected chi connectivity index (χ0v) is 8.25. The quantitative estimate of drug-likeness (QED) is 0.693. The van der Waals surface area contributed by atoms with E-state index in [1.54, 1.807) is 0 Å². The van der Waals surface area contributed by atoms with E-state index in [4.69, 9.17) is 9.47 Å². The predicted octanol–water partition coefficient (Wildman–Crippen LogP) is 2.62. The van der Waals surface area contributed by atoms with E-state index >= 15 is 0 Å². The van der Waals surface area contributed by atoms with Gasteiger partial charge in [0, 0.05) is 12.2 Å². The van der Waals surface area contributed by atoms with Gasteiger partial charge >= 0.3 is 0 Å². The molecule has 72 valence electrons. The molecule has 0 bridgehead atoms. The van der Waals surface area contributed by atoms with E-state index in [2.05, 4.69) is 0 Å². The third-order valence-electron chi connectivity index (χ3n) is 1.73. The summed E-state index contributed by atoms with van der Waals surface area (Å²) in [5, 5.41) is 0. The normalized spacial score (nSPS) is 10.0. The summed E-state index contributed by atoms with van der Waals surface area (Å²) in [7, 11) is 0. The number of ether oxygens (including phenoxy) is 2. The lowest BCUT2D eigenvalue weighted by atomic mass is 10.2. The van der Waals surface area contributed by atoms with Crippen molar-refractivity contribution in [3.63, 3.8) is 0 Å². The van der Waals surface area contributed by atoms with Crippen LogP contribution in [0.15, 0.2) is 24.3 Å². The van der Waals surface area contributed by atoms with Crippen molar-refractivity contribution in [2.24, 2.45) is 0 Å². The van der Waals surface area contributed by atoms with Crippen LogP contribution in [0.5, 0.6) is 5.75 Å². The van der Waals surface area contributed by atoms with Gasteiger partial charge < -0.3 is 9.47 Å². The van der Waals surface area contributed by atoms with E-state index in [-0.39, 0.29) is 0 Å². The van der Waals surface area contributed by atoms with Gasteiger partial charge in [-0.15, -0.1) is 0 Å². The summed E-state index contributed by atoms with van der Waals surface area (Å²) in [4.78, 5) is 0. The number of rotatable bonds is 5. The van der Waals surface area contributed by atoms with Gasteiger partial charge in [0.15, 0.2) is 0 Å². The van der Waals surface area contributed by atoms with Gasteiger partial charge in [0.2, 0.25) is 0 Å². The van der Waals surface area contributed by atoms with E-state index < -0.39 is 0 Å². The second kappa shape index (κ2) is 5.60. The Morgan fingerprint density at radius 2 is 1.85 bits per heavy atom. The Morgan fingerprint density at radius 3 is 2.54 bits per heavy atom. The standard InChI is InChI=1S/C11H16O2/c1-3-12-9-10-7-5-6-8-11(10)13-4-2/h5-8H,3-4,9H2,1-2H3. The van der Waals surface area contributed by atoms with Gasteiger partial charge in [0.05, 0.1) is 13.2 Å². The maximum absolute atomic E-state index is 5.45. The number of benzene rings is 1. The molecule has 0 amide bonds. The highest BCUT2D eigenvalue weighted by Gasteiger charge is 2.00. The third-order valence-corrected chi connectivity index (χ3v) is 1.73. The summed E-state index contributed by atoms with van der Waals surface area (Å²) >= 11 is 0. The van der Waals surface area contributed by atoms with Gasteiger partial charge in [-0.25, -0.2) is 0 Å². The van der Waals surface area contributed by atoms with Crippen LogP contribution in [-0.2, 0) is 11.3 Å². The third kappa shape index (κ3) is 3.07. The predicted molar refractivity (Wildman–Crippen MR) is 52.9 cm³/mol. The summed E-state index contributed by atoms with van der Waals surface area (Å²) in [6, 6.07) is 7.97. The maximum atomic E-state index is 5.45. The fourth-order valence-corrected chi connectivity index (χ4v) is 1.13. The largest absolute Gasteiger partial charge is 0.494 e. The lowest BCUT2D eigenvalue weighted by Gasteiger charge is -2.09. The Labute approximate surface area is 79.5 Å². The van der Waals surface area contributed by atoms with Crippen LogP contribution in [-0.4, -0.2) is 13.2 Å².